The third-order valence-corrected chi connectivity index (χ3v) is 15.2. The zero-order valence-electron chi connectivity index (χ0n) is 48.7. The van der Waals surface area contributed by atoms with E-state index in [1.54, 1.807) is 35.3 Å². The number of hydrogen-bond donors (Lipinski definition) is 3. The van der Waals surface area contributed by atoms with Crippen LogP contribution in [0, 0.1) is 41.5 Å². The van der Waals surface area contributed by atoms with Crippen molar-refractivity contribution in [1.82, 2.24) is 0 Å². The second-order valence-electron chi connectivity index (χ2n) is 21.0. The van der Waals surface area contributed by atoms with Crippen molar-refractivity contribution < 1.29 is 58.1 Å². The fourth-order valence-electron chi connectivity index (χ4n) is 6.58. The molecular weight excluding hydrogens is 1080 g/mol. The lowest BCUT2D eigenvalue weighted by Gasteiger charge is -2.23. The minimum absolute atomic E-state index is 0.475. The fourth-order valence-corrected chi connectivity index (χ4v) is 9.21. The minimum Gasteiger partial charge on any atom is -0.489 e. The lowest BCUT2D eigenvalue weighted by Crippen LogP contribution is -2.38. The molecule has 0 heterocycles. The van der Waals surface area contributed by atoms with Crippen LogP contribution in [-0.4, -0.2) is 87.1 Å². The van der Waals surface area contributed by atoms with Crippen LogP contribution in [0.3, 0.4) is 0 Å². The van der Waals surface area contributed by atoms with Gasteiger partial charge in [-0.2, -0.15) is 0 Å². The first-order chi connectivity index (χ1) is 38.0. The molecule has 432 valence electrons. The van der Waals surface area contributed by atoms with Crippen LogP contribution in [0.1, 0.15) is 74.9 Å². The first-order valence-electron chi connectivity index (χ1n) is 26.1. The van der Waals surface area contributed by atoms with E-state index in [0.717, 1.165) is 82.6 Å². The summed E-state index contributed by atoms with van der Waals surface area (Å²) < 4.78 is 34.1. The summed E-state index contributed by atoms with van der Waals surface area (Å²) in [6, 6.07) is 41.0. The maximum Gasteiger partial charge on any atom is 0.347 e. The first kappa shape index (κ1) is 66.3. The van der Waals surface area contributed by atoms with Gasteiger partial charge in [0.05, 0.1) is 0 Å². The van der Waals surface area contributed by atoms with Gasteiger partial charge in [0, 0.05) is 31.9 Å². The van der Waals surface area contributed by atoms with E-state index in [1.807, 2.05) is 169 Å². The molecule has 0 fully saturated rings. The van der Waals surface area contributed by atoms with Crippen molar-refractivity contribution in [1.29, 1.82) is 0 Å². The highest BCUT2D eigenvalue weighted by Crippen LogP contribution is 2.32. The summed E-state index contributed by atoms with van der Waals surface area (Å²) in [7, 11) is 0. The van der Waals surface area contributed by atoms with Crippen LogP contribution in [0.2, 0.25) is 0 Å². The number of hydrogen-bond acceptors (Lipinski definition) is 12. The summed E-state index contributed by atoms with van der Waals surface area (Å²) in [4.78, 5) is 36.9. The number of carboxylic acid groups (broad SMARTS) is 3. The van der Waals surface area contributed by atoms with Crippen LogP contribution in [0.5, 0.6) is 34.5 Å². The van der Waals surface area contributed by atoms with Gasteiger partial charge in [-0.05, 0) is 207 Å². The maximum atomic E-state index is 11.2. The summed E-state index contributed by atoms with van der Waals surface area (Å²) in [6.07, 6.45) is 0. The van der Waals surface area contributed by atoms with E-state index in [-0.39, 0.29) is 0 Å². The van der Waals surface area contributed by atoms with Crippen molar-refractivity contribution in [2.24, 2.45) is 0 Å². The summed E-state index contributed by atoms with van der Waals surface area (Å²) in [5.74, 6) is 3.49. The van der Waals surface area contributed by atoms with Crippen LogP contribution in [-0.2, 0) is 14.4 Å². The van der Waals surface area contributed by atoms with Crippen molar-refractivity contribution >= 4 is 53.2 Å². The number of rotatable bonds is 27. The number of aliphatic carboxylic acids is 3. The molecule has 15 heteroatoms. The number of benzene rings is 6. The Hall–Kier alpha value is -7.20. The van der Waals surface area contributed by atoms with E-state index in [2.05, 4.69) is 19.7 Å². The number of carbonyl (C=O) groups is 3. The molecule has 0 bridgehead atoms. The largest absolute Gasteiger partial charge is 0.489 e. The molecule has 81 heavy (non-hydrogen) atoms. The summed E-state index contributed by atoms with van der Waals surface area (Å²) >= 11 is 4.99. The van der Waals surface area contributed by atoms with Gasteiger partial charge in [0.25, 0.3) is 0 Å². The smallest absolute Gasteiger partial charge is 0.347 e. The van der Waals surface area contributed by atoms with Gasteiger partial charge < -0.3 is 43.7 Å². The molecule has 0 aliphatic rings. The van der Waals surface area contributed by atoms with E-state index >= 15 is 0 Å². The van der Waals surface area contributed by atoms with Crippen molar-refractivity contribution in [3.05, 3.63) is 197 Å². The Morgan fingerprint density at radius 3 is 0.802 bits per heavy atom. The molecule has 6 aromatic carbocycles. The predicted molar refractivity (Wildman–Crippen MR) is 330 cm³/mol. The van der Waals surface area contributed by atoms with E-state index in [0.29, 0.717) is 37.1 Å². The van der Waals surface area contributed by atoms with Crippen molar-refractivity contribution in [3.63, 3.8) is 0 Å². The molecule has 12 nitrogen and oxygen atoms in total. The van der Waals surface area contributed by atoms with Gasteiger partial charge >= 0.3 is 17.9 Å². The van der Waals surface area contributed by atoms with Gasteiger partial charge in [-0.25, -0.2) is 14.4 Å². The normalized spacial score (nSPS) is 11.1. The predicted octanol–water partition coefficient (Wildman–Crippen LogP) is 15.8. The third kappa shape index (κ3) is 23.4. The Balaban J connectivity index is 0.000000261. The highest BCUT2D eigenvalue weighted by atomic mass is 32.2. The second kappa shape index (κ2) is 31.1. The Morgan fingerprint density at radius 2 is 0.605 bits per heavy atom. The monoisotopic (exact) mass is 1160 g/mol. The third-order valence-electron chi connectivity index (χ3n) is 11.8. The van der Waals surface area contributed by atoms with E-state index in [9.17, 15) is 29.7 Å². The van der Waals surface area contributed by atoms with Crippen LogP contribution < -0.4 is 28.4 Å². The molecule has 0 amide bonds. The number of carboxylic acids is 3. The minimum atomic E-state index is -1.26. The molecule has 0 radical (unpaired) electrons. The molecule has 0 atom stereocenters. The van der Waals surface area contributed by atoms with Crippen LogP contribution >= 0.6 is 35.3 Å². The Bertz CT molecular complexity index is 2760. The molecule has 0 saturated heterocycles. The Labute approximate surface area is 492 Å². The number of aryl methyl sites for hydroxylation is 6. The van der Waals surface area contributed by atoms with Crippen molar-refractivity contribution in [2.45, 2.75) is 115 Å². The molecular formula is C66H78O12S3. The Morgan fingerprint density at radius 1 is 0.383 bits per heavy atom. The highest BCUT2D eigenvalue weighted by Gasteiger charge is 2.32. The fraction of sp³-hybridized carbons (Fsp3) is 0.318. The molecule has 0 aliphatic heterocycles. The van der Waals surface area contributed by atoms with Gasteiger partial charge in [-0.3, -0.25) is 0 Å². The van der Waals surface area contributed by atoms with Gasteiger partial charge in [0.15, 0.2) is 16.8 Å². The van der Waals surface area contributed by atoms with Gasteiger partial charge in [0.2, 0.25) is 0 Å². The SMILES string of the molecule is C=C(COc1ccc(C)cc1)CSc1ccc(OC(C)(C)C(=O)O)c(C)c1.C=C(COc1ccc(C)cc1)CSc1ccc(OC(C)(C)C(=O)O)c(C)c1.C=C(COc1ccc(C)cc1)CSc1ccc(OC(C)(C)C(=O)O)c(C)c1. The highest BCUT2D eigenvalue weighted by molar-refractivity contribution is 8.00. The molecule has 0 aromatic heterocycles. The molecule has 6 rings (SSSR count). The van der Waals surface area contributed by atoms with Crippen LogP contribution in [0.25, 0.3) is 0 Å². The van der Waals surface area contributed by atoms with Gasteiger partial charge in [0.1, 0.15) is 54.3 Å². The molecule has 0 aliphatic carbocycles. The molecule has 6 aromatic rings. The average molecular weight is 1160 g/mol. The van der Waals surface area contributed by atoms with E-state index < -0.39 is 34.7 Å². The molecule has 0 saturated carbocycles. The molecule has 0 spiro atoms. The van der Waals surface area contributed by atoms with Crippen LogP contribution in [0.15, 0.2) is 179 Å². The molecule has 0 unspecified atom stereocenters. The first-order valence-corrected chi connectivity index (χ1v) is 29.0. The zero-order valence-corrected chi connectivity index (χ0v) is 51.2. The van der Waals surface area contributed by atoms with E-state index in [1.165, 1.54) is 58.2 Å². The van der Waals surface area contributed by atoms with Gasteiger partial charge in [-0.1, -0.05) is 72.8 Å². The quantitative estimate of drug-likeness (QED) is 0.0329. The van der Waals surface area contributed by atoms with E-state index in [4.69, 9.17) is 28.4 Å². The lowest BCUT2D eigenvalue weighted by atomic mass is 10.1. The average Bonchev–Trinajstić information content (AvgIpc) is 3.41. The van der Waals surface area contributed by atoms with Crippen LogP contribution in [0.4, 0.5) is 0 Å². The number of ether oxygens (including phenoxy) is 6. The second-order valence-corrected chi connectivity index (χ2v) is 24.1. The standard InChI is InChI=1S/3C22H26O4S/c3*1-15-6-8-18(9-7-15)25-13-16(2)14-27-19-10-11-20(17(3)12-19)26-22(4,5)21(23)24/h3*6-12H,2,13-14H2,1,3-5H3,(H,23,24). The Kier molecular flexibility index (Phi) is 25.5. The summed E-state index contributed by atoms with van der Waals surface area (Å²) in [6.45, 7) is 34.7. The zero-order chi connectivity index (χ0) is 60.1. The maximum absolute atomic E-state index is 11.2. The van der Waals surface area contributed by atoms with Gasteiger partial charge in [-0.15, -0.1) is 35.3 Å². The van der Waals surface area contributed by atoms with Crippen molar-refractivity contribution in [3.8, 4) is 34.5 Å². The summed E-state index contributed by atoms with van der Waals surface area (Å²) in [5, 5.41) is 27.6. The topological polar surface area (TPSA) is 167 Å². The number of thioether (sulfide) groups is 3. The van der Waals surface area contributed by atoms with Crippen molar-refractivity contribution in [2.75, 3.05) is 37.1 Å². The molecule has 3 N–H and O–H groups in total. The summed E-state index contributed by atoms with van der Waals surface area (Å²) in [5.41, 5.74) is 5.48. The lowest BCUT2D eigenvalue weighted by molar-refractivity contribution is -0.152.